The van der Waals surface area contributed by atoms with Crippen LogP contribution in [0.1, 0.15) is 0 Å². The van der Waals surface area contributed by atoms with Gasteiger partial charge >= 0.3 is 0 Å². The Bertz CT molecular complexity index is 170. The van der Waals surface area contributed by atoms with Gasteiger partial charge in [0.1, 0.15) is 5.02 Å². The molecule has 0 saturated heterocycles. The molecule has 3 N–H and O–H groups in total. The van der Waals surface area contributed by atoms with Crippen molar-refractivity contribution < 1.29 is 0 Å². The van der Waals surface area contributed by atoms with E-state index in [0.29, 0.717) is 5.02 Å². The molecule has 6 heteroatoms. The summed E-state index contributed by atoms with van der Waals surface area (Å²) in [5.41, 5.74) is 0. The van der Waals surface area contributed by atoms with Gasteiger partial charge < -0.3 is 6.15 Å². The molecule has 1 aromatic heterocycles. The van der Waals surface area contributed by atoms with Crippen molar-refractivity contribution in [2.24, 2.45) is 0 Å². The zero-order valence-electron chi connectivity index (χ0n) is 4.38. The first-order chi connectivity index (χ1) is 3.80. The molecule has 1 rings (SSSR count). The quantitative estimate of drug-likeness (QED) is 0.632. The predicted octanol–water partition coefficient (Wildman–Crippen LogP) is 1.34. The summed E-state index contributed by atoms with van der Waals surface area (Å²) in [5.74, 6) is 0. The first-order valence-electron chi connectivity index (χ1n) is 1.80. The Hall–Kier alpha value is -0.450. The lowest BCUT2D eigenvalue weighted by molar-refractivity contribution is 0.865. The molecule has 0 amide bonds. The highest BCUT2D eigenvalue weighted by Crippen LogP contribution is 2.13. The first kappa shape index (κ1) is 8.55. The fraction of sp³-hybridized carbons (Fsp3) is 0. The summed E-state index contributed by atoms with van der Waals surface area (Å²) < 4.78 is 0. The molecule has 0 bridgehead atoms. The van der Waals surface area contributed by atoms with Crippen LogP contribution in [0, 0.1) is 0 Å². The van der Waals surface area contributed by atoms with Crippen molar-refractivity contribution in [2.45, 2.75) is 0 Å². The van der Waals surface area contributed by atoms with Crippen LogP contribution in [-0.2, 0) is 0 Å². The molecule has 1 heterocycles. The summed E-state index contributed by atoms with van der Waals surface area (Å²) >= 11 is 10.8. The van der Waals surface area contributed by atoms with E-state index in [0.717, 1.165) is 0 Å². The van der Waals surface area contributed by atoms with Gasteiger partial charge in [-0.3, -0.25) is 0 Å². The van der Waals surface area contributed by atoms with Gasteiger partial charge in [0.25, 0.3) is 0 Å². The van der Waals surface area contributed by atoms with Crippen LogP contribution in [0.2, 0.25) is 10.2 Å². The molecule has 0 aliphatic carbocycles. The zero-order valence-corrected chi connectivity index (χ0v) is 5.89. The molecule has 0 radical (unpaired) electrons. The molecular formula is C3H4Cl2N4. The summed E-state index contributed by atoms with van der Waals surface area (Å²) in [7, 11) is 0. The van der Waals surface area contributed by atoms with Crippen molar-refractivity contribution in [3.63, 3.8) is 0 Å². The number of hydrogen-bond acceptors (Lipinski definition) is 4. The van der Waals surface area contributed by atoms with Gasteiger partial charge in [-0.15, -0.1) is 10.2 Å². The van der Waals surface area contributed by atoms with Crippen molar-refractivity contribution in [3.05, 3.63) is 16.4 Å². The Morgan fingerprint density at radius 3 is 2.33 bits per heavy atom. The van der Waals surface area contributed by atoms with Crippen LogP contribution in [0.25, 0.3) is 0 Å². The molecule has 0 fully saturated rings. The van der Waals surface area contributed by atoms with Crippen LogP contribution in [0.3, 0.4) is 0 Å². The highest BCUT2D eigenvalue weighted by atomic mass is 35.5. The minimum Gasteiger partial charge on any atom is -0.344 e. The van der Waals surface area contributed by atoms with E-state index in [4.69, 9.17) is 23.2 Å². The minimum absolute atomic E-state index is 0. The average Bonchev–Trinajstić information content (AvgIpc) is 1.77. The van der Waals surface area contributed by atoms with Gasteiger partial charge in [0.15, 0.2) is 5.15 Å². The van der Waals surface area contributed by atoms with Crippen LogP contribution >= 0.6 is 23.2 Å². The molecule has 4 nitrogen and oxygen atoms in total. The van der Waals surface area contributed by atoms with Crippen LogP contribution in [0.5, 0.6) is 0 Å². The van der Waals surface area contributed by atoms with Gasteiger partial charge in [-0.25, -0.2) is 0 Å². The fourth-order valence-corrected chi connectivity index (χ4v) is 0.407. The average molecular weight is 167 g/mol. The lowest BCUT2D eigenvalue weighted by Gasteiger charge is -1.84. The van der Waals surface area contributed by atoms with Crippen molar-refractivity contribution in [3.8, 4) is 0 Å². The Morgan fingerprint density at radius 2 is 2.00 bits per heavy atom. The third-order valence-corrected chi connectivity index (χ3v) is 1.20. The normalized spacial score (nSPS) is 8.22. The van der Waals surface area contributed by atoms with Gasteiger partial charge in [-0.1, -0.05) is 23.2 Å². The Morgan fingerprint density at radius 1 is 1.33 bits per heavy atom. The summed E-state index contributed by atoms with van der Waals surface area (Å²) in [6, 6.07) is 0. The summed E-state index contributed by atoms with van der Waals surface area (Å²) in [4.78, 5) is 0. The third-order valence-electron chi connectivity index (χ3n) is 0.552. The second-order valence-corrected chi connectivity index (χ2v) is 1.84. The van der Waals surface area contributed by atoms with Crippen molar-refractivity contribution in [1.29, 1.82) is 0 Å². The molecule has 50 valence electrons. The number of halogens is 2. The van der Waals surface area contributed by atoms with Gasteiger partial charge in [0.05, 0.1) is 6.20 Å². The Labute approximate surface area is 61.8 Å². The Kier molecular flexibility index (Phi) is 3.37. The lowest BCUT2D eigenvalue weighted by atomic mass is 10.7. The monoisotopic (exact) mass is 166 g/mol. The Balaban J connectivity index is 0.000000640. The van der Waals surface area contributed by atoms with E-state index < -0.39 is 0 Å². The van der Waals surface area contributed by atoms with E-state index in [2.05, 4.69) is 15.4 Å². The standard InChI is InChI=1S/C3HCl2N3.H3N/c4-2-1-6-8-7-3(2)5;/h1H;1H3. The molecular weight excluding hydrogens is 163 g/mol. The molecule has 0 atom stereocenters. The van der Waals surface area contributed by atoms with Crippen LogP contribution in [0.15, 0.2) is 6.20 Å². The number of rotatable bonds is 0. The second-order valence-electron chi connectivity index (χ2n) is 1.07. The van der Waals surface area contributed by atoms with E-state index in [1.54, 1.807) is 0 Å². The smallest absolute Gasteiger partial charge is 0.173 e. The van der Waals surface area contributed by atoms with Crippen LogP contribution < -0.4 is 6.15 Å². The number of nitrogens with zero attached hydrogens (tertiary/aromatic N) is 3. The maximum Gasteiger partial charge on any atom is 0.173 e. The maximum atomic E-state index is 5.41. The molecule has 0 spiro atoms. The second kappa shape index (κ2) is 3.55. The van der Waals surface area contributed by atoms with E-state index in [9.17, 15) is 0 Å². The highest BCUT2D eigenvalue weighted by molar-refractivity contribution is 6.40. The highest BCUT2D eigenvalue weighted by Gasteiger charge is 1.94. The largest absolute Gasteiger partial charge is 0.344 e. The maximum absolute atomic E-state index is 5.41. The van der Waals surface area contributed by atoms with Crippen molar-refractivity contribution in [2.75, 3.05) is 0 Å². The van der Waals surface area contributed by atoms with E-state index >= 15 is 0 Å². The molecule has 9 heavy (non-hydrogen) atoms. The molecule has 0 unspecified atom stereocenters. The zero-order chi connectivity index (χ0) is 5.98. The van der Waals surface area contributed by atoms with Gasteiger partial charge in [-0.2, -0.15) is 0 Å². The van der Waals surface area contributed by atoms with Gasteiger partial charge in [-0.05, 0) is 5.21 Å². The summed E-state index contributed by atoms with van der Waals surface area (Å²) in [6.45, 7) is 0. The van der Waals surface area contributed by atoms with Gasteiger partial charge in [0, 0.05) is 0 Å². The molecule has 0 aliphatic heterocycles. The van der Waals surface area contributed by atoms with E-state index in [1.807, 2.05) is 0 Å². The molecule has 0 aliphatic rings. The minimum atomic E-state index is 0. The molecule has 0 aromatic carbocycles. The van der Waals surface area contributed by atoms with Crippen LogP contribution in [-0.4, -0.2) is 15.4 Å². The summed E-state index contributed by atoms with van der Waals surface area (Å²) in [5, 5.41) is 10.5. The molecule has 0 saturated carbocycles. The van der Waals surface area contributed by atoms with Crippen molar-refractivity contribution in [1.82, 2.24) is 21.6 Å². The first-order valence-corrected chi connectivity index (χ1v) is 2.55. The van der Waals surface area contributed by atoms with Crippen molar-refractivity contribution >= 4 is 23.2 Å². The van der Waals surface area contributed by atoms with Crippen LogP contribution in [0.4, 0.5) is 0 Å². The third kappa shape index (κ3) is 2.09. The van der Waals surface area contributed by atoms with Gasteiger partial charge in [0.2, 0.25) is 0 Å². The number of hydrogen-bond donors (Lipinski definition) is 1. The number of aromatic nitrogens is 3. The van der Waals surface area contributed by atoms with E-state index in [1.165, 1.54) is 6.20 Å². The lowest BCUT2D eigenvalue weighted by Crippen LogP contribution is -1.84. The molecule has 1 aromatic rings. The summed E-state index contributed by atoms with van der Waals surface area (Å²) in [6.07, 6.45) is 1.33. The SMILES string of the molecule is Clc1cnnnc1Cl.N. The van der Waals surface area contributed by atoms with E-state index in [-0.39, 0.29) is 11.3 Å². The topological polar surface area (TPSA) is 73.7 Å². The fourth-order valence-electron chi connectivity index (χ4n) is 0.243. The predicted molar refractivity (Wildman–Crippen MR) is 34.9 cm³/mol.